The molecule has 0 bridgehead atoms. The van der Waals surface area contributed by atoms with Gasteiger partial charge in [-0.25, -0.2) is 4.79 Å². The fourth-order valence-corrected chi connectivity index (χ4v) is 2.80. The summed E-state index contributed by atoms with van der Waals surface area (Å²) in [4.78, 5) is 11.6. The van der Waals surface area contributed by atoms with Crippen molar-refractivity contribution < 1.29 is 27.4 Å². The monoisotopic (exact) mass is 351 g/mol. The van der Waals surface area contributed by atoms with Crippen molar-refractivity contribution in [2.75, 3.05) is 13.7 Å². The molecule has 1 aliphatic rings. The number of halogens is 3. The molecule has 1 heterocycles. The van der Waals surface area contributed by atoms with E-state index in [9.17, 15) is 18.0 Å². The van der Waals surface area contributed by atoms with Crippen molar-refractivity contribution in [3.05, 3.63) is 64.7 Å². The topological polar surface area (TPSA) is 47.6 Å². The molecule has 0 saturated carbocycles. The highest BCUT2D eigenvalue weighted by atomic mass is 19.4. The maximum Gasteiger partial charge on any atom is 0.416 e. The van der Waals surface area contributed by atoms with E-state index >= 15 is 0 Å². The van der Waals surface area contributed by atoms with Gasteiger partial charge in [-0.3, -0.25) is 0 Å². The van der Waals surface area contributed by atoms with E-state index in [-0.39, 0.29) is 12.2 Å². The third-order valence-corrected chi connectivity index (χ3v) is 4.07. The Kier molecular flexibility index (Phi) is 4.67. The van der Waals surface area contributed by atoms with E-state index in [0.29, 0.717) is 17.9 Å². The quantitative estimate of drug-likeness (QED) is 0.838. The molecular formula is C18H16F3NO3. The molecule has 1 N–H and O–H groups in total. The number of ether oxygens (including phenoxy) is 2. The van der Waals surface area contributed by atoms with Gasteiger partial charge in [-0.05, 0) is 23.8 Å². The number of carbonyl (C=O) groups is 1. The average Bonchev–Trinajstić information content (AvgIpc) is 2.82. The Morgan fingerprint density at radius 2 is 2.00 bits per heavy atom. The maximum atomic E-state index is 13.2. The first-order valence-electron chi connectivity index (χ1n) is 7.63. The van der Waals surface area contributed by atoms with E-state index in [4.69, 9.17) is 4.74 Å². The lowest BCUT2D eigenvalue weighted by Crippen LogP contribution is -2.26. The van der Waals surface area contributed by atoms with Gasteiger partial charge in [0.15, 0.2) is 0 Å². The lowest BCUT2D eigenvalue weighted by molar-refractivity contribution is -0.138. The molecule has 7 heteroatoms. The number of rotatable bonds is 2. The van der Waals surface area contributed by atoms with Crippen molar-refractivity contribution in [2.24, 2.45) is 0 Å². The lowest BCUT2D eigenvalue weighted by atomic mass is 10.0. The largest absolute Gasteiger partial charge is 0.491 e. The Morgan fingerprint density at radius 3 is 2.72 bits per heavy atom. The smallest absolute Gasteiger partial charge is 0.416 e. The summed E-state index contributed by atoms with van der Waals surface area (Å²) in [5, 5.41) is 3.09. The van der Waals surface area contributed by atoms with E-state index in [1.54, 1.807) is 24.3 Å². The Labute approximate surface area is 142 Å². The standard InChI is InChI=1S/C18H16F3NO3/c1-24-17(23)11-6-7-12-9-22-15(10-25-16(12)8-11)13-4-2-3-5-14(13)18(19,20)21/h2-8,15,22H,9-10H2,1H3. The van der Waals surface area contributed by atoms with Gasteiger partial charge in [-0.2, -0.15) is 13.2 Å². The van der Waals surface area contributed by atoms with Crippen molar-refractivity contribution in [1.82, 2.24) is 5.32 Å². The number of esters is 1. The number of hydrogen-bond donors (Lipinski definition) is 1. The molecule has 3 rings (SSSR count). The van der Waals surface area contributed by atoms with Crippen LogP contribution < -0.4 is 10.1 Å². The molecule has 0 amide bonds. The molecule has 0 saturated heterocycles. The van der Waals surface area contributed by atoms with E-state index in [1.165, 1.54) is 19.2 Å². The third kappa shape index (κ3) is 3.61. The molecule has 2 aromatic rings. The minimum Gasteiger partial charge on any atom is -0.491 e. The zero-order chi connectivity index (χ0) is 18.0. The highest BCUT2D eigenvalue weighted by molar-refractivity contribution is 5.89. The fourth-order valence-electron chi connectivity index (χ4n) is 2.80. The summed E-state index contributed by atoms with van der Waals surface area (Å²) in [6, 6.07) is 9.66. The molecule has 4 nitrogen and oxygen atoms in total. The molecular weight excluding hydrogens is 335 g/mol. The van der Waals surface area contributed by atoms with E-state index in [2.05, 4.69) is 10.1 Å². The molecule has 25 heavy (non-hydrogen) atoms. The summed E-state index contributed by atoms with van der Waals surface area (Å²) >= 11 is 0. The molecule has 0 fully saturated rings. The van der Waals surface area contributed by atoms with Crippen LogP contribution in [-0.4, -0.2) is 19.7 Å². The van der Waals surface area contributed by atoms with Crippen molar-refractivity contribution in [3.8, 4) is 5.75 Å². The second-order valence-corrected chi connectivity index (χ2v) is 5.64. The number of hydrogen-bond acceptors (Lipinski definition) is 4. The summed E-state index contributed by atoms with van der Waals surface area (Å²) in [6.07, 6.45) is -4.44. The Hall–Kier alpha value is -2.54. The number of alkyl halides is 3. The van der Waals surface area contributed by atoms with Crippen LogP contribution in [0.3, 0.4) is 0 Å². The number of nitrogens with one attached hydrogen (secondary N) is 1. The van der Waals surface area contributed by atoms with E-state index < -0.39 is 23.8 Å². The first-order chi connectivity index (χ1) is 11.9. The molecule has 0 aliphatic carbocycles. The second-order valence-electron chi connectivity index (χ2n) is 5.64. The van der Waals surface area contributed by atoms with E-state index in [1.807, 2.05) is 0 Å². The van der Waals surface area contributed by atoms with Gasteiger partial charge in [0, 0.05) is 12.1 Å². The van der Waals surface area contributed by atoms with Crippen LogP contribution in [0, 0.1) is 0 Å². The summed E-state index contributed by atoms with van der Waals surface area (Å²) < 4.78 is 50.0. The highest BCUT2D eigenvalue weighted by Crippen LogP contribution is 2.36. The van der Waals surface area contributed by atoms with Gasteiger partial charge in [0.2, 0.25) is 0 Å². The average molecular weight is 351 g/mol. The van der Waals surface area contributed by atoms with Crippen LogP contribution in [0.1, 0.15) is 33.1 Å². The minimum atomic E-state index is -4.44. The SMILES string of the molecule is COC(=O)c1ccc2c(c1)OCC(c1ccccc1C(F)(F)F)NC2. The van der Waals surface area contributed by atoms with Gasteiger partial charge < -0.3 is 14.8 Å². The zero-order valence-corrected chi connectivity index (χ0v) is 13.4. The van der Waals surface area contributed by atoms with Gasteiger partial charge in [-0.1, -0.05) is 24.3 Å². The van der Waals surface area contributed by atoms with Crippen LogP contribution in [0.4, 0.5) is 13.2 Å². The Balaban J connectivity index is 1.87. The van der Waals surface area contributed by atoms with Crippen molar-refractivity contribution in [2.45, 2.75) is 18.8 Å². The predicted molar refractivity (Wildman–Crippen MR) is 84.3 cm³/mol. The van der Waals surface area contributed by atoms with Crippen LogP contribution in [-0.2, 0) is 17.5 Å². The van der Waals surface area contributed by atoms with Crippen LogP contribution in [0.5, 0.6) is 5.75 Å². The van der Waals surface area contributed by atoms with Gasteiger partial charge in [-0.15, -0.1) is 0 Å². The van der Waals surface area contributed by atoms with Crippen LogP contribution >= 0.6 is 0 Å². The number of carbonyl (C=O) groups excluding carboxylic acids is 1. The van der Waals surface area contributed by atoms with Crippen LogP contribution in [0.2, 0.25) is 0 Å². The van der Waals surface area contributed by atoms with Gasteiger partial charge >= 0.3 is 12.1 Å². The zero-order valence-electron chi connectivity index (χ0n) is 13.4. The summed E-state index contributed by atoms with van der Waals surface area (Å²) in [6.45, 7) is 0.346. The fraction of sp³-hybridized carbons (Fsp3) is 0.278. The van der Waals surface area contributed by atoms with Gasteiger partial charge in [0.05, 0.1) is 24.3 Å². The summed E-state index contributed by atoms with van der Waals surface area (Å²) in [5.74, 6) is -0.0371. The molecule has 1 aliphatic heterocycles. The highest BCUT2D eigenvalue weighted by Gasteiger charge is 2.35. The molecule has 0 radical (unpaired) electrons. The molecule has 2 aromatic carbocycles. The maximum absolute atomic E-state index is 13.2. The first kappa shape index (κ1) is 17.3. The Morgan fingerprint density at radius 1 is 1.24 bits per heavy atom. The molecule has 0 spiro atoms. The summed E-state index contributed by atoms with van der Waals surface area (Å²) in [5.41, 5.74) is 0.545. The van der Waals surface area contributed by atoms with Crippen molar-refractivity contribution in [3.63, 3.8) is 0 Å². The van der Waals surface area contributed by atoms with Crippen LogP contribution in [0.15, 0.2) is 42.5 Å². The lowest BCUT2D eigenvalue weighted by Gasteiger charge is -2.20. The van der Waals surface area contributed by atoms with Crippen LogP contribution in [0.25, 0.3) is 0 Å². The third-order valence-electron chi connectivity index (χ3n) is 4.07. The van der Waals surface area contributed by atoms with E-state index in [0.717, 1.165) is 11.6 Å². The first-order valence-corrected chi connectivity index (χ1v) is 7.63. The summed E-state index contributed by atoms with van der Waals surface area (Å²) in [7, 11) is 1.28. The van der Waals surface area contributed by atoms with Crippen molar-refractivity contribution in [1.29, 1.82) is 0 Å². The number of benzene rings is 2. The van der Waals surface area contributed by atoms with Gasteiger partial charge in [0.25, 0.3) is 0 Å². The predicted octanol–water partition coefficient (Wildman–Crippen LogP) is 3.72. The number of fused-ring (bicyclic) bond motifs is 1. The number of methoxy groups -OCH3 is 1. The second kappa shape index (κ2) is 6.76. The van der Waals surface area contributed by atoms with Crippen molar-refractivity contribution >= 4 is 5.97 Å². The Bertz CT molecular complexity index is 789. The molecule has 1 unspecified atom stereocenters. The molecule has 132 valence electrons. The van der Waals surface area contributed by atoms with Gasteiger partial charge in [0.1, 0.15) is 12.4 Å². The minimum absolute atomic E-state index is 0.0186. The molecule has 1 atom stereocenters. The normalized spacial score (nSPS) is 17.2. The molecule has 0 aromatic heterocycles.